The Morgan fingerprint density at radius 3 is 2.65 bits per heavy atom. The lowest BCUT2D eigenvalue weighted by Gasteiger charge is -2.23. The summed E-state index contributed by atoms with van der Waals surface area (Å²) < 4.78 is 1.71. The summed E-state index contributed by atoms with van der Waals surface area (Å²) in [5.74, 6) is -0.416. The molecule has 2 heterocycles. The summed E-state index contributed by atoms with van der Waals surface area (Å²) in [6, 6.07) is -0.381. The number of aliphatic hydroxyl groups excluding tert-OH is 3. The van der Waals surface area contributed by atoms with Crippen LogP contribution in [-0.2, 0) is 0 Å². The van der Waals surface area contributed by atoms with E-state index in [1.807, 2.05) is 0 Å². The average Bonchev–Trinajstić information content (AvgIpc) is 3.00. The van der Waals surface area contributed by atoms with Crippen molar-refractivity contribution >= 4 is 22.8 Å². The quantitative estimate of drug-likeness (QED) is 0.689. The van der Waals surface area contributed by atoms with Crippen LogP contribution in [0.1, 0.15) is 12.5 Å². The molecule has 4 atom stereocenters. The van der Waals surface area contributed by atoms with Crippen LogP contribution < -0.4 is 0 Å². The van der Waals surface area contributed by atoms with Gasteiger partial charge in [-0.05, 0) is 6.42 Å². The van der Waals surface area contributed by atoms with Gasteiger partial charge in [0.25, 0.3) is 0 Å². The van der Waals surface area contributed by atoms with Gasteiger partial charge in [0.15, 0.2) is 10.8 Å². The highest BCUT2D eigenvalue weighted by Crippen LogP contribution is 2.41. The molecule has 8 heteroatoms. The predicted octanol–water partition coefficient (Wildman–Crippen LogP) is 0.00240. The standard InChI is InChI=1S/C12H15ClN4O3/c13-11-8-12(15-4-14-11)17(5-16-8)9-6(2-18)1-7(3-19)10(9)20/h4-7,9-10,18-20H,1-3H2/t6-,7+,9+,10-/m1/s1. The Labute approximate surface area is 119 Å². The number of hydrogen-bond acceptors (Lipinski definition) is 6. The van der Waals surface area contributed by atoms with Crippen molar-refractivity contribution in [2.45, 2.75) is 18.6 Å². The van der Waals surface area contributed by atoms with Crippen molar-refractivity contribution < 1.29 is 15.3 Å². The fourth-order valence-corrected chi connectivity index (χ4v) is 3.20. The molecule has 7 nitrogen and oxygen atoms in total. The van der Waals surface area contributed by atoms with E-state index < -0.39 is 6.10 Å². The van der Waals surface area contributed by atoms with Crippen molar-refractivity contribution in [3.8, 4) is 0 Å². The normalized spacial score (nSPS) is 30.2. The molecule has 0 aliphatic heterocycles. The maximum Gasteiger partial charge on any atom is 0.165 e. The number of hydrogen-bond donors (Lipinski definition) is 3. The molecule has 1 aliphatic carbocycles. The molecule has 108 valence electrons. The van der Waals surface area contributed by atoms with Crippen LogP contribution in [0, 0.1) is 11.8 Å². The van der Waals surface area contributed by atoms with Crippen LogP contribution in [0.5, 0.6) is 0 Å². The van der Waals surface area contributed by atoms with Crippen LogP contribution in [0.3, 0.4) is 0 Å². The number of aliphatic hydroxyl groups is 3. The minimum absolute atomic E-state index is 0.0727. The largest absolute Gasteiger partial charge is 0.396 e. The first-order valence-corrected chi connectivity index (χ1v) is 6.78. The van der Waals surface area contributed by atoms with E-state index in [0.717, 1.165) is 0 Å². The molecule has 0 saturated heterocycles. The lowest BCUT2D eigenvalue weighted by Crippen LogP contribution is -2.28. The van der Waals surface area contributed by atoms with Crippen molar-refractivity contribution in [2.75, 3.05) is 13.2 Å². The van der Waals surface area contributed by atoms with Gasteiger partial charge < -0.3 is 19.9 Å². The highest BCUT2D eigenvalue weighted by atomic mass is 35.5. The first kappa shape index (κ1) is 13.7. The molecule has 2 aromatic heterocycles. The van der Waals surface area contributed by atoms with Crippen molar-refractivity contribution in [3.63, 3.8) is 0 Å². The molecule has 0 radical (unpaired) electrons. The Balaban J connectivity index is 2.07. The number of nitrogens with zero attached hydrogens (tertiary/aromatic N) is 4. The number of aromatic nitrogens is 4. The van der Waals surface area contributed by atoms with Gasteiger partial charge in [-0.2, -0.15) is 0 Å². The minimum Gasteiger partial charge on any atom is -0.396 e. The highest BCUT2D eigenvalue weighted by molar-refractivity contribution is 6.33. The van der Waals surface area contributed by atoms with Crippen molar-refractivity contribution in [1.82, 2.24) is 19.5 Å². The molecule has 20 heavy (non-hydrogen) atoms. The fraction of sp³-hybridized carbons (Fsp3) is 0.583. The van der Waals surface area contributed by atoms with Gasteiger partial charge in [0, 0.05) is 25.0 Å². The van der Waals surface area contributed by atoms with Gasteiger partial charge >= 0.3 is 0 Å². The van der Waals surface area contributed by atoms with Crippen LogP contribution in [0.25, 0.3) is 11.2 Å². The van der Waals surface area contributed by atoms with Gasteiger partial charge in [0.05, 0.1) is 18.5 Å². The molecule has 0 amide bonds. The lowest BCUT2D eigenvalue weighted by molar-refractivity contribution is 0.0581. The Hall–Kier alpha value is -1.28. The molecule has 0 bridgehead atoms. The van der Waals surface area contributed by atoms with E-state index in [9.17, 15) is 15.3 Å². The molecular formula is C12H15ClN4O3. The van der Waals surface area contributed by atoms with Gasteiger partial charge in [-0.3, -0.25) is 0 Å². The summed E-state index contributed by atoms with van der Waals surface area (Å²) in [6.45, 7) is -0.187. The van der Waals surface area contributed by atoms with Crippen LogP contribution in [0.2, 0.25) is 5.15 Å². The predicted molar refractivity (Wildman–Crippen MR) is 71.1 cm³/mol. The zero-order valence-electron chi connectivity index (χ0n) is 10.6. The van der Waals surface area contributed by atoms with Crippen molar-refractivity contribution in [1.29, 1.82) is 0 Å². The Kier molecular flexibility index (Phi) is 3.59. The molecule has 1 saturated carbocycles. The molecule has 1 aliphatic rings. The SMILES string of the molecule is OC[C@@H]1C[C@H](CO)[C@H](n2cnc3c(Cl)ncnc32)[C@@H]1O. The zero-order chi connectivity index (χ0) is 14.3. The van der Waals surface area contributed by atoms with Crippen molar-refractivity contribution in [3.05, 3.63) is 17.8 Å². The smallest absolute Gasteiger partial charge is 0.165 e. The maximum atomic E-state index is 10.4. The highest BCUT2D eigenvalue weighted by Gasteiger charge is 2.43. The monoisotopic (exact) mass is 298 g/mol. The van der Waals surface area contributed by atoms with E-state index in [-0.39, 0.29) is 36.2 Å². The second-order valence-corrected chi connectivity index (χ2v) is 5.45. The number of halogens is 1. The minimum atomic E-state index is -0.761. The Morgan fingerprint density at radius 1 is 1.20 bits per heavy atom. The lowest BCUT2D eigenvalue weighted by atomic mass is 10.0. The van der Waals surface area contributed by atoms with Crippen LogP contribution >= 0.6 is 11.6 Å². The second-order valence-electron chi connectivity index (χ2n) is 5.09. The van der Waals surface area contributed by atoms with E-state index in [4.69, 9.17) is 11.6 Å². The van der Waals surface area contributed by atoms with E-state index in [1.54, 1.807) is 10.9 Å². The van der Waals surface area contributed by atoms with E-state index in [1.165, 1.54) is 6.33 Å². The average molecular weight is 299 g/mol. The van der Waals surface area contributed by atoms with Gasteiger partial charge in [-0.1, -0.05) is 11.6 Å². The summed E-state index contributed by atoms with van der Waals surface area (Å²) >= 11 is 5.96. The first-order chi connectivity index (χ1) is 9.67. The topological polar surface area (TPSA) is 104 Å². The molecule has 0 aromatic carbocycles. The molecule has 3 N–H and O–H groups in total. The van der Waals surface area contributed by atoms with Crippen LogP contribution in [0.15, 0.2) is 12.7 Å². The van der Waals surface area contributed by atoms with Crippen molar-refractivity contribution in [2.24, 2.45) is 11.8 Å². The van der Waals surface area contributed by atoms with Gasteiger partial charge in [-0.25, -0.2) is 15.0 Å². The van der Waals surface area contributed by atoms with Gasteiger partial charge in [0.2, 0.25) is 0 Å². The Morgan fingerprint density at radius 2 is 1.95 bits per heavy atom. The number of rotatable bonds is 3. The van der Waals surface area contributed by atoms with E-state index in [0.29, 0.717) is 17.6 Å². The molecule has 0 spiro atoms. The number of imidazole rings is 1. The summed E-state index contributed by atoms with van der Waals surface area (Å²) in [5.41, 5.74) is 0.983. The van der Waals surface area contributed by atoms with Gasteiger partial charge in [0.1, 0.15) is 11.8 Å². The third kappa shape index (κ3) is 1.98. The van der Waals surface area contributed by atoms with E-state index >= 15 is 0 Å². The molecule has 3 rings (SSSR count). The molecular weight excluding hydrogens is 284 g/mol. The van der Waals surface area contributed by atoms with Gasteiger partial charge in [-0.15, -0.1) is 0 Å². The summed E-state index contributed by atoms with van der Waals surface area (Å²) in [5, 5.41) is 29.4. The summed E-state index contributed by atoms with van der Waals surface area (Å²) in [6.07, 6.45) is 2.67. The summed E-state index contributed by atoms with van der Waals surface area (Å²) in [7, 11) is 0. The third-order valence-corrected chi connectivity index (χ3v) is 4.30. The summed E-state index contributed by atoms with van der Waals surface area (Å²) in [4.78, 5) is 12.2. The molecule has 0 unspecified atom stereocenters. The Bertz CT molecular complexity index is 618. The van der Waals surface area contributed by atoms with Crippen LogP contribution in [-0.4, -0.2) is 54.2 Å². The number of fused-ring (bicyclic) bond motifs is 1. The van der Waals surface area contributed by atoms with E-state index in [2.05, 4.69) is 15.0 Å². The zero-order valence-corrected chi connectivity index (χ0v) is 11.3. The first-order valence-electron chi connectivity index (χ1n) is 6.40. The second kappa shape index (κ2) is 5.25. The molecule has 1 fully saturated rings. The van der Waals surface area contributed by atoms with Crippen LogP contribution in [0.4, 0.5) is 0 Å². The fourth-order valence-electron chi connectivity index (χ4n) is 3.02. The third-order valence-electron chi connectivity index (χ3n) is 4.03. The molecule has 2 aromatic rings. The maximum absolute atomic E-state index is 10.4.